The number of hydrogen-bond donors (Lipinski definition) is 2. The van der Waals surface area contributed by atoms with Gasteiger partial charge in [-0.05, 0) is 23.8 Å². The summed E-state index contributed by atoms with van der Waals surface area (Å²) in [4.78, 5) is 23.7. The number of carbonyl (C=O) groups is 2. The molecule has 0 spiro atoms. The second-order valence-electron chi connectivity index (χ2n) is 4.80. The molecule has 1 amide bonds. The van der Waals surface area contributed by atoms with Crippen molar-refractivity contribution < 1.29 is 14.7 Å². The van der Waals surface area contributed by atoms with Crippen LogP contribution in [0.4, 0.5) is 0 Å². The Bertz CT molecular complexity index is 609. The molecule has 2 aromatic rings. The first-order valence-electron chi connectivity index (χ1n) is 6.47. The van der Waals surface area contributed by atoms with Crippen molar-refractivity contribution in [1.29, 1.82) is 0 Å². The SMILES string of the molecule is CC(CNC(=O)Cn1cc(C(=O)O)nn1)Cc1cccs1. The molecule has 1 atom stereocenters. The van der Waals surface area contributed by atoms with Crippen LogP contribution in [-0.2, 0) is 17.8 Å². The predicted molar refractivity (Wildman–Crippen MR) is 77.2 cm³/mol. The van der Waals surface area contributed by atoms with Gasteiger partial charge in [0.1, 0.15) is 6.54 Å². The lowest BCUT2D eigenvalue weighted by Gasteiger charge is -2.11. The molecule has 0 bridgehead atoms. The van der Waals surface area contributed by atoms with Gasteiger partial charge in [-0.3, -0.25) is 4.79 Å². The van der Waals surface area contributed by atoms with Crippen LogP contribution >= 0.6 is 11.3 Å². The number of carbonyl (C=O) groups excluding carboxylic acids is 1. The fourth-order valence-corrected chi connectivity index (χ4v) is 2.68. The van der Waals surface area contributed by atoms with E-state index in [1.165, 1.54) is 15.8 Å². The summed E-state index contributed by atoms with van der Waals surface area (Å²) in [5.41, 5.74) is -0.172. The van der Waals surface area contributed by atoms with Gasteiger partial charge in [0.25, 0.3) is 0 Å². The van der Waals surface area contributed by atoms with Crippen LogP contribution in [0.3, 0.4) is 0 Å². The molecule has 7 nitrogen and oxygen atoms in total. The van der Waals surface area contributed by atoms with Crippen molar-refractivity contribution in [3.05, 3.63) is 34.3 Å². The number of nitrogens with zero attached hydrogens (tertiary/aromatic N) is 3. The van der Waals surface area contributed by atoms with E-state index in [9.17, 15) is 9.59 Å². The summed E-state index contributed by atoms with van der Waals surface area (Å²) >= 11 is 1.70. The molecule has 0 aliphatic rings. The Morgan fingerprint density at radius 2 is 2.33 bits per heavy atom. The molecular formula is C13H16N4O3S. The van der Waals surface area contributed by atoms with Gasteiger partial charge >= 0.3 is 5.97 Å². The molecule has 0 aromatic carbocycles. The molecule has 112 valence electrons. The van der Waals surface area contributed by atoms with Crippen LogP contribution in [-0.4, -0.2) is 38.5 Å². The van der Waals surface area contributed by atoms with Crippen molar-refractivity contribution in [2.45, 2.75) is 19.9 Å². The third-order valence-electron chi connectivity index (χ3n) is 2.84. The number of aromatic carboxylic acids is 1. The van der Waals surface area contributed by atoms with Crippen LogP contribution in [0.2, 0.25) is 0 Å². The van der Waals surface area contributed by atoms with Crippen LogP contribution in [0.15, 0.2) is 23.7 Å². The lowest BCUT2D eigenvalue weighted by Crippen LogP contribution is -2.32. The molecule has 2 heterocycles. The lowest BCUT2D eigenvalue weighted by atomic mass is 10.1. The van der Waals surface area contributed by atoms with Gasteiger partial charge in [0.05, 0.1) is 6.20 Å². The molecule has 8 heteroatoms. The summed E-state index contributed by atoms with van der Waals surface area (Å²) in [7, 11) is 0. The fourth-order valence-electron chi connectivity index (χ4n) is 1.81. The van der Waals surface area contributed by atoms with E-state index in [0.29, 0.717) is 12.5 Å². The third-order valence-corrected chi connectivity index (χ3v) is 3.74. The number of rotatable bonds is 7. The molecule has 0 fully saturated rings. The Morgan fingerprint density at radius 1 is 1.52 bits per heavy atom. The number of aromatic nitrogens is 3. The number of amides is 1. The van der Waals surface area contributed by atoms with Crippen LogP contribution in [0.5, 0.6) is 0 Å². The largest absolute Gasteiger partial charge is 0.476 e. The van der Waals surface area contributed by atoms with Crippen LogP contribution in [0, 0.1) is 5.92 Å². The van der Waals surface area contributed by atoms with Crippen LogP contribution < -0.4 is 5.32 Å². The van der Waals surface area contributed by atoms with Gasteiger partial charge in [-0.2, -0.15) is 0 Å². The van der Waals surface area contributed by atoms with Gasteiger partial charge in [0.15, 0.2) is 5.69 Å². The highest BCUT2D eigenvalue weighted by molar-refractivity contribution is 7.09. The van der Waals surface area contributed by atoms with Gasteiger partial charge in [-0.1, -0.05) is 18.2 Å². The minimum Gasteiger partial charge on any atom is -0.476 e. The van der Waals surface area contributed by atoms with E-state index in [2.05, 4.69) is 28.6 Å². The molecule has 21 heavy (non-hydrogen) atoms. The lowest BCUT2D eigenvalue weighted by molar-refractivity contribution is -0.122. The standard InChI is InChI=1S/C13H16N4O3S/c1-9(5-10-3-2-4-21-10)6-14-12(18)8-17-7-11(13(19)20)15-16-17/h2-4,7,9H,5-6,8H2,1H3,(H,14,18)(H,19,20). The molecule has 0 saturated heterocycles. The summed E-state index contributed by atoms with van der Waals surface area (Å²) in [6, 6.07) is 4.09. The second kappa shape index (κ2) is 6.98. The summed E-state index contributed by atoms with van der Waals surface area (Å²) in [5.74, 6) is -1.04. The first kappa shape index (κ1) is 15.2. The van der Waals surface area contributed by atoms with E-state index in [1.54, 1.807) is 11.3 Å². The molecule has 0 saturated carbocycles. The van der Waals surface area contributed by atoms with Gasteiger partial charge in [-0.25, -0.2) is 9.48 Å². The topological polar surface area (TPSA) is 97.1 Å². The van der Waals surface area contributed by atoms with Crippen molar-refractivity contribution in [3.63, 3.8) is 0 Å². The zero-order chi connectivity index (χ0) is 15.2. The van der Waals surface area contributed by atoms with Crippen molar-refractivity contribution in [3.8, 4) is 0 Å². The third kappa shape index (κ3) is 4.67. The van der Waals surface area contributed by atoms with E-state index in [1.807, 2.05) is 11.4 Å². The van der Waals surface area contributed by atoms with E-state index in [-0.39, 0.29) is 18.1 Å². The van der Waals surface area contributed by atoms with Crippen molar-refractivity contribution in [2.24, 2.45) is 5.92 Å². The molecule has 0 radical (unpaired) electrons. The van der Waals surface area contributed by atoms with E-state index in [0.717, 1.165) is 6.42 Å². The Hall–Kier alpha value is -2.22. The minimum atomic E-state index is -1.16. The van der Waals surface area contributed by atoms with Crippen molar-refractivity contribution in [2.75, 3.05) is 6.54 Å². The first-order chi connectivity index (χ1) is 10.0. The number of thiophene rings is 1. The zero-order valence-electron chi connectivity index (χ0n) is 11.5. The van der Waals surface area contributed by atoms with Gasteiger partial charge in [0, 0.05) is 11.4 Å². The summed E-state index contributed by atoms with van der Waals surface area (Å²) in [6.07, 6.45) is 2.15. The highest BCUT2D eigenvalue weighted by atomic mass is 32.1. The highest BCUT2D eigenvalue weighted by Gasteiger charge is 2.11. The van der Waals surface area contributed by atoms with Gasteiger partial charge < -0.3 is 10.4 Å². The van der Waals surface area contributed by atoms with E-state index >= 15 is 0 Å². The minimum absolute atomic E-state index is 0.0357. The predicted octanol–water partition coefficient (Wildman–Crippen LogP) is 1.03. The molecule has 2 rings (SSSR count). The maximum absolute atomic E-state index is 11.8. The molecule has 0 aliphatic heterocycles. The quantitative estimate of drug-likeness (QED) is 0.796. The maximum Gasteiger partial charge on any atom is 0.358 e. The molecule has 0 aliphatic carbocycles. The average molecular weight is 308 g/mol. The number of carboxylic acid groups (broad SMARTS) is 1. The van der Waals surface area contributed by atoms with E-state index in [4.69, 9.17) is 5.11 Å². The summed E-state index contributed by atoms with van der Waals surface area (Å²) in [6.45, 7) is 2.60. The highest BCUT2D eigenvalue weighted by Crippen LogP contribution is 2.13. The number of carboxylic acids is 1. The van der Waals surface area contributed by atoms with Gasteiger partial charge in [-0.15, -0.1) is 16.4 Å². The average Bonchev–Trinajstić information content (AvgIpc) is 3.08. The number of hydrogen-bond acceptors (Lipinski definition) is 5. The zero-order valence-corrected chi connectivity index (χ0v) is 12.3. The monoisotopic (exact) mass is 308 g/mol. The molecule has 1 unspecified atom stereocenters. The summed E-state index contributed by atoms with van der Waals surface area (Å²) < 4.78 is 1.21. The summed E-state index contributed by atoms with van der Waals surface area (Å²) in [5, 5.41) is 20.6. The maximum atomic E-state index is 11.8. The van der Waals surface area contributed by atoms with Gasteiger partial charge in [0.2, 0.25) is 5.91 Å². The second-order valence-corrected chi connectivity index (χ2v) is 5.83. The molecule has 2 aromatic heterocycles. The molecular weight excluding hydrogens is 292 g/mol. The van der Waals surface area contributed by atoms with Crippen molar-refractivity contribution >= 4 is 23.2 Å². The Kier molecular flexibility index (Phi) is 5.04. The molecule has 2 N–H and O–H groups in total. The number of nitrogens with one attached hydrogen (secondary N) is 1. The van der Waals surface area contributed by atoms with E-state index < -0.39 is 5.97 Å². The Labute approximate surface area is 125 Å². The first-order valence-corrected chi connectivity index (χ1v) is 7.35. The van der Waals surface area contributed by atoms with Crippen LogP contribution in [0.1, 0.15) is 22.3 Å². The Balaban J connectivity index is 1.75. The normalized spacial score (nSPS) is 12.0. The smallest absolute Gasteiger partial charge is 0.358 e. The Morgan fingerprint density at radius 3 is 2.95 bits per heavy atom. The van der Waals surface area contributed by atoms with Crippen LogP contribution in [0.25, 0.3) is 0 Å². The fraction of sp³-hybridized carbons (Fsp3) is 0.385. The van der Waals surface area contributed by atoms with Crippen molar-refractivity contribution in [1.82, 2.24) is 20.3 Å².